The standard InChI is InChI=1S/C8H8Br2N2S/c1-4-2-7(12-8(11)13)6(10)3-5(4)9/h2-3H,1H3,(H3,11,12,13). The molecule has 0 spiro atoms. The summed E-state index contributed by atoms with van der Waals surface area (Å²) in [6.07, 6.45) is 0. The van der Waals surface area contributed by atoms with Gasteiger partial charge in [0.25, 0.3) is 0 Å². The van der Waals surface area contributed by atoms with Crippen molar-refractivity contribution >= 4 is 54.9 Å². The second-order valence-corrected chi connectivity index (χ2v) is 4.72. The molecule has 0 aliphatic rings. The Morgan fingerprint density at radius 2 is 2.00 bits per heavy atom. The van der Waals surface area contributed by atoms with E-state index >= 15 is 0 Å². The van der Waals surface area contributed by atoms with E-state index in [0.717, 1.165) is 20.2 Å². The lowest BCUT2D eigenvalue weighted by atomic mass is 10.2. The van der Waals surface area contributed by atoms with Crippen molar-refractivity contribution in [3.05, 3.63) is 26.6 Å². The molecule has 0 aliphatic heterocycles. The zero-order valence-corrected chi connectivity index (χ0v) is 10.9. The van der Waals surface area contributed by atoms with Crippen molar-refractivity contribution in [2.45, 2.75) is 6.92 Å². The van der Waals surface area contributed by atoms with Gasteiger partial charge < -0.3 is 11.1 Å². The van der Waals surface area contributed by atoms with Gasteiger partial charge in [0.1, 0.15) is 0 Å². The molecule has 0 radical (unpaired) electrons. The van der Waals surface area contributed by atoms with Crippen LogP contribution in [-0.2, 0) is 0 Å². The molecule has 70 valence electrons. The maximum Gasteiger partial charge on any atom is 0.168 e. The summed E-state index contributed by atoms with van der Waals surface area (Å²) in [5.74, 6) is 0. The Morgan fingerprint density at radius 3 is 2.54 bits per heavy atom. The molecule has 1 aromatic carbocycles. The normalized spacial score (nSPS) is 9.77. The van der Waals surface area contributed by atoms with Crippen LogP contribution < -0.4 is 11.1 Å². The number of hydrogen-bond acceptors (Lipinski definition) is 1. The molecule has 0 unspecified atom stereocenters. The van der Waals surface area contributed by atoms with Crippen LogP contribution in [-0.4, -0.2) is 5.11 Å². The molecule has 1 aromatic rings. The Balaban J connectivity index is 3.08. The van der Waals surface area contributed by atoms with Crippen molar-refractivity contribution in [2.75, 3.05) is 5.32 Å². The van der Waals surface area contributed by atoms with Crippen LogP contribution in [0.1, 0.15) is 5.56 Å². The predicted octanol–water partition coefficient (Wildman–Crippen LogP) is 3.18. The molecule has 5 heteroatoms. The first-order valence-electron chi connectivity index (χ1n) is 3.53. The number of rotatable bonds is 1. The third kappa shape index (κ3) is 2.93. The van der Waals surface area contributed by atoms with E-state index in [1.165, 1.54) is 0 Å². The molecule has 0 fully saturated rings. The Labute approximate surface area is 99.1 Å². The molecule has 0 amide bonds. The van der Waals surface area contributed by atoms with Gasteiger partial charge in [0, 0.05) is 8.95 Å². The lowest BCUT2D eigenvalue weighted by Crippen LogP contribution is -2.19. The number of nitrogens with two attached hydrogens (primary N) is 1. The molecule has 0 saturated heterocycles. The summed E-state index contributed by atoms with van der Waals surface area (Å²) < 4.78 is 1.98. The zero-order chi connectivity index (χ0) is 10.0. The van der Waals surface area contributed by atoms with Gasteiger partial charge in [-0.25, -0.2) is 0 Å². The number of anilines is 1. The zero-order valence-electron chi connectivity index (χ0n) is 6.90. The number of benzene rings is 1. The van der Waals surface area contributed by atoms with Crippen molar-refractivity contribution in [1.29, 1.82) is 0 Å². The van der Waals surface area contributed by atoms with Crippen LogP contribution in [0.25, 0.3) is 0 Å². The highest BCUT2D eigenvalue weighted by Gasteiger charge is 2.03. The molecule has 0 atom stereocenters. The fourth-order valence-corrected chi connectivity index (χ4v) is 2.09. The Kier molecular flexibility index (Phi) is 3.70. The van der Waals surface area contributed by atoms with Crippen molar-refractivity contribution in [3.63, 3.8) is 0 Å². The highest BCUT2D eigenvalue weighted by atomic mass is 79.9. The second-order valence-electron chi connectivity index (χ2n) is 2.57. The first-order valence-corrected chi connectivity index (χ1v) is 5.52. The van der Waals surface area contributed by atoms with Gasteiger partial charge in [-0.15, -0.1) is 0 Å². The summed E-state index contributed by atoms with van der Waals surface area (Å²) in [7, 11) is 0. The Bertz CT molecular complexity index is 352. The third-order valence-electron chi connectivity index (χ3n) is 1.51. The van der Waals surface area contributed by atoms with Gasteiger partial charge in [0.05, 0.1) is 5.69 Å². The third-order valence-corrected chi connectivity index (χ3v) is 3.12. The van der Waals surface area contributed by atoms with Crippen LogP contribution in [0.2, 0.25) is 0 Å². The molecule has 0 saturated carbocycles. The fourth-order valence-electron chi connectivity index (χ4n) is 0.886. The molecule has 0 aliphatic carbocycles. The molecular formula is C8H8Br2N2S. The average Bonchev–Trinajstić information content (AvgIpc) is 1.99. The highest BCUT2D eigenvalue weighted by molar-refractivity contribution is 9.11. The van der Waals surface area contributed by atoms with E-state index in [-0.39, 0.29) is 5.11 Å². The van der Waals surface area contributed by atoms with Crippen molar-refractivity contribution < 1.29 is 0 Å². The number of halogens is 2. The SMILES string of the molecule is Cc1cc(NC(N)=S)c(Br)cc1Br. The lowest BCUT2D eigenvalue weighted by molar-refractivity contribution is 1.41. The van der Waals surface area contributed by atoms with Gasteiger partial charge in [0.2, 0.25) is 0 Å². The van der Waals surface area contributed by atoms with E-state index in [0.29, 0.717) is 0 Å². The van der Waals surface area contributed by atoms with Crippen LogP contribution in [0.3, 0.4) is 0 Å². The largest absolute Gasteiger partial charge is 0.376 e. The lowest BCUT2D eigenvalue weighted by Gasteiger charge is -2.08. The molecule has 2 nitrogen and oxygen atoms in total. The summed E-state index contributed by atoms with van der Waals surface area (Å²) in [6.45, 7) is 2.00. The monoisotopic (exact) mass is 322 g/mol. The van der Waals surface area contributed by atoms with E-state index < -0.39 is 0 Å². The van der Waals surface area contributed by atoms with Gasteiger partial charge >= 0.3 is 0 Å². The van der Waals surface area contributed by atoms with E-state index in [1.807, 2.05) is 19.1 Å². The molecule has 1 rings (SSSR count). The molecule has 0 bridgehead atoms. The van der Waals surface area contributed by atoms with Gasteiger partial charge in [-0.1, -0.05) is 15.9 Å². The summed E-state index contributed by atoms with van der Waals surface area (Å²) in [6, 6.07) is 3.92. The maximum absolute atomic E-state index is 5.37. The average molecular weight is 324 g/mol. The first-order chi connectivity index (χ1) is 6.00. The van der Waals surface area contributed by atoms with Gasteiger partial charge in [-0.2, -0.15) is 0 Å². The summed E-state index contributed by atoms with van der Waals surface area (Å²) in [4.78, 5) is 0. The van der Waals surface area contributed by atoms with Crippen LogP contribution in [0.15, 0.2) is 21.1 Å². The van der Waals surface area contributed by atoms with Crippen molar-refractivity contribution in [3.8, 4) is 0 Å². The molecular weight excluding hydrogens is 316 g/mol. The van der Waals surface area contributed by atoms with Crippen molar-refractivity contribution in [1.82, 2.24) is 0 Å². The Hall–Kier alpha value is -0.130. The van der Waals surface area contributed by atoms with Gasteiger partial charge in [-0.3, -0.25) is 0 Å². The minimum absolute atomic E-state index is 0.266. The number of aryl methyl sites for hydroxylation is 1. The summed E-state index contributed by atoms with van der Waals surface area (Å²) >= 11 is 11.6. The molecule has 3 N–H and O–H groups in total. The minimum atomic E-state index is 0.266. The quantitative estimate of drug-likeness (QED) is 0.780. The van der Waals surface area contributed by atoms with Crippen LogP contribution in [0, 0.1) is 6.92 Å². The smallest absolute Gasteiger partial charge is 0.168 e. The van der Waals surface area contributed by atoms with E-state index in [9.17, 15) is 0 Å². The topological polar surface area (TPSA) is 38.0 Å². The second kappa shape index (κ2) is 4.39. The molecule has 0 aromatic heterocycles. The summed E-state index contributed by atoms with van der Waals surface area (Å²) in [5.41, 5.74) is 7.38. The Morgan fingerprint density at radius 1 is 1.38 bits per heavy atom. The van der Waals surface area contributed by atoms with Gasteiger partial charge in [0.15, 0.2) is 5.11 Å². The van der Waals surface area contributed by atoms with Gasteiger partial charge in [-0.05, 0) is 52.8 Å². The first kappa shape index (κ1) is 10.9. The maximum atomic E-state index is 5.37. The number of thiocarbonyl (C=S) groups is 1. The number of hydrogen-bond donors (Lipinski definition) is 2. The highest BCUT2D eigenvalue weighted by Crippen LogP contribution is 2.29. The van der Waals surface area contributed by atoms with E-state index in [4.69, 9.17) is 18.0 Å². The summed E-state index contributed by atoms with van der Waals surface area (Å²) in [5, 5.41) is 3.15. The van der Waals surface area contributed by atoms with E-state index in [1.54, 1.807) is 0 Å². The molecule has 13 heavy (non-hydrogen) atoms. The predicted molar refractivity (Wildman–Crippen MR) is 67.0 cm³/mol. The van der Waals surface area contributed by atoms with Crippen LogP contribution in [0.4, 0.5) is 5.69 Å². The van der Waals surface area contributed by atoms with Crippen LogP contribution in [0.5, 0.6) is 0 Å². The number of nitrogens with one attached hydrogen (secondary N) is 1. The fraction of sp³-hybridized carbons (Fsp3) is 0.125. The van der Waals surface area contributed by atoms with E-state index in [2.05, 4.69) is 37.2 Å². The van der Waals surface area contributed by atoms with Crippen LogP contribution >= 0.6 is 44.1 Å². The molecule has 0 heterocycles. The van der Waals surface area contributed by atoms with Crippen molar-refractivity contribution in [2.24, 2.45) is 5.73 Å². The minimum Gasteiger partial charge on any atom is -0.376 e.